The maximum atomic E-state index is 11.6. The lowest BCUT2D eigenvalue weighted by Crippen LogP contribution is -2.45. The lowest BCUT2D eigenvalue weighted by molar-refractivity contribution is -0.121. The van der Waals surface area contributed by atoms with Crippen LogP contribution < -0.4 is 10.6 Å². The maximum absolute atomic E-state index is 11.6. The molecule has 18 heavy (non-hydrogen) atoms. The highest BCUT2D eigenvalue weighted by Crippen LogP contribution is 2.09. The maximum Gasteiger partial charge on any atom is 0.287 e. The van der Waals surface area contributed by atoms with Crippen molar-refractivity contribution in [2.45, 2.75) is 32.2 Å². The third kappa shape index (κ3) is 4.79. The summed E-state index contributed by atoms with van der Waals surface area (Å²) in [5.41, 5.74) is -0.321. The number of alkyl halides is 1. The van der Waals surface area contributed by atoms with Crippen LogP contribution in [0.4, 0.5) is 0 Å². The van der Waals surface area contributed by atoms with Crippen LogP contribution in [0.25, 0.3) is 0 Å². The van der Waals surface area contributed by atoms with Crippen LogP contribution in [0.3, 0.4) is 0 Å². The second kappa shape index (κ2) is 5.91. The fourth-order valence-electron chi connectivity index (χ4n) is 1.28. The minimum absolute atomic E-state index is 0.0903. The first-order chi connectivity index (χ1) is 8.31. The summed E-state index contributed by atoms with van der Waals surface area (Å²) in [5.74, 6) is 0.184. The summed E-state index contributed by atoms with van der Waals surface area (Å²) in [7, 11) is 0. The summed E-state index contributed by atoms with van der Waals surface area (Å²) in [6.07, 6.45) is 0. The Labute approximate surface area is 111 Å². The molecule has 0 aromatic carbocycles. The van der Waals surface area contributed by atoms with Crippen molar-refractivity contribution in [2.75, 3.05) is 6.54 Å². The van der Waals surface area contributed by atoms with Gasteiger partial charge < -0.3 is 15.1 Å². The summed E-state index contributed by atoms with van der Waals surface area (Å²) in [6, 6.07) is 3.14. The Hall–Kier alpha value is -1.49. The number of rotatable bonds is 4. The molecule has 0 atom stereocenters. The quantitative estimate of drug-likeness (QED) is 0.819. The Morgan fingerprint density at radius 2 is 2.00 bits per heavy atom. The Kier molecular flexibility index (Phi) is 4.78. The average Bonchev–Trinajstić information content (AvgIpc) is 2.72. The van der Waals surface area contributed by atoms with Crippen molar-refractivity contribution >= 4 is 23.4 Å². The molecule has 5 nitrogen and oxygen atoms in total. The van der Waals surface area contributed by atoms with E-state index in [0.29, 0.717) is 5.76 Å². The predicted molar refractivity (Wildman–Crippen MR) is 68.5 cm³/mol. The molecular weight excluding hydrogens is 256 g/mol. The second-order valence-electron chi connectivity index (χ2n) is 4.88. The number of halogens is 1. The van der Waals surface area contributed by atoms with Gasteiger partial charge in [-0.05, 0) is 32.9 Å². The average molecular weight is 273 g/mol. The normalized spacial score (nSPS) is 11.1. The molecule has 0 bridgehead atoms. The number of hydrogen-bond donors (Lipinski definition) is 2. The molecule has 2 N–H and O–H groups in total. The molecule has 0 aliphatic rings. The van der Waals surface area contributed by atoms with Gasteiger partial charge in [-0.2, -0.15) is 0 Å². The molecule has 1 aromatic rings. The third-order valence-electron chi connectivity index (χ3n) is 1.94. The molecule has 0 aliphatic heterocycles. The van der Waals surface area contributed by atoms with Crippen molar-refractivity contribution in [1.29, 1.82) is 0 Å². The summed E-state index contributed by atoms with van der Waals surface area (Å²) >= 11 is 5.56. The van der Waals surface area contributed by atoms with Crippen molar-refractivity contribution in [2.24, 2.45) is 0 Å². The highest BCUT2D eigenvalue weighted by atomic mass is 35.5. The summed E-state index contributed by atoms with van der Waals surface area (Å²) < 4.78 is 5.15. The SMILES string of the molecule is CC(C)(C)NC(=O)CNC(=O)c1ccc(CCl)o1. The van der Waals surface area contributed by atoms with Crippen LogP contribution >= 0.6 is 11.6 Å². The molecule has 0 unspecified atom stereocenters. The number of hydrogen-bond acceptors (Lipinski definition) is 3. The molecule has 1 rings (SSSR count). The predicted octanol–water partition coefficient (Wildman–Crippen LogP) is 1.66. The van der Waals surface area contributed by atoms with Crippen LogP contribution in [0.15, 0.2) is 16.5 Å². The van der Waals surface area contributed by atoms with E-state index < -0.39 is 5.91 Å². The highest BCUT2D eigenvalue weighted by Gasteiger charge is 2.16. The van der Waals surface area contributed by atoms with E-state index in [9.17, 15) is 9.59 Å². The van der Waals surface area contributed by atoms with E-state index >= 15 is 0 Å². The highest BCUT2D eigenvalue weighted by molar-refractivity contribution is 6.16. The number of carbonyl (C=O) groups is 2. The van der Waals surface area contributed by atoms with Gasteiger partial charge in [0.15, 0.2) is 5.76 Å². The van der Waals surface area contributed by atoms with Crippen LogP contribution in [-0.4, -0.2) is 23.9 Å². The van der Waals surface area contributed by atoms with Crippen LogP contribution in [0.5, 0.6) is 0 Å². The molecule has 0 saturated heterocycles. The van der Waals surface area contributed by atoms with E-state index in [1.54, 1.807) is 6.07 Å². The van der Waals surface area contributed by atoms with Crippen molar-refractivity contribution in [3.63, 3.8) is 0 Å². The summed E-state index contributed by atoms with van der Waals surface area (Å²) in [5, 5.41) is 5.21. The standard InChI is InChI=1S/C12H17ClN2O3/c1-12(2,3)15-10(16)7-14-11(17)9-5-4-8(6-13)18-9/h4-5H,6-7H2,1-3H3,(H,14,17)(H,15,16). The lowest BCUT2D eigenvalue weighted by Gasteiger charge is -2.20. The zero-order chi connectivity index (χ0) is 13.8. The molecule has 100 valence electrons. The minimum Gasteiger partial charge on any atom is -0.455 e. The van der Waals surface area contributed by atoms with Gasteiger partial charge in [-0.1, -0.05) is 0 Å². The first-order valence-corrected chi connectivity index (χ1v) is 6.09. The molecule has 6 heteroatoms. The van der Waals surface area contributed by atoms with Gasteiger partial charge >= 0.3 is 0 Å². The molecule has 1 aromatic heterocycles. The molecule has 0 spiro atoms. The van der Waals surface area contributed by atoms with Crippen molar-refractivity contribution < 1.29 is 14.0 Å². The zero-order valence-corrected chi connectivity index (χ0v) is 11.4. The fraction of sp³-hybridized carbons (Fsp3) is 0.500. The molecule has 1 heterocycles. The molecule has 0 fully saturated rings. The van der Waals surface area contributed by atoms with Gasteiger partial charge in [0.25, 0.3) is 5.91 Å². The van der Waals surface area contributed by atoms with E-state index in [2.05, 4.69) is 10.6 Å². The van der Waals surface area contributed by atoms with Crippen LogP contribution in [0.1, 0.15) is 37.1 Å². The molecule has 0 radical (unpaired) electrons. The molecule has 0 saturated carbocycles. The Balaban J connectivity index is 2.44. The van der Waals surface area contributed by atoms with Gasteiger partial charge in [0.05, 0.1) is 12.4 Å². The monoisotopic (exact) mass is 272 g/mol. The zero-order valence-electron chi connectivity index (χ0n) is 10.7. The first-order valence-electron chi connectivity index (χ1n) is 5.56. The smallest absolute Gasteiger partial charge is 0.287 e. The number of furan rings is 1. The second-order valence-corrected chi connectivity index (χ2v) is 5.15. The van der Waals surface area contributed by atoms with Crippen LogP contribution in [0.2, 0.25) is 0 Å². The van der Waals surface area contributed by atoms with E-state index in [-0.39, 0.29) is 29.6 Å². The van der Waals surface area contributed by atoms with Crippen molar-refractivity contribution in [3.8, 4) is 0 Å². The third-order valence-corrected chi connectivity index (χ3v) is 2.20. The van der Waals surface area contributed by atoms with E-state index in [1.165, 1.54) is 6.07 Å². The van der Waals surface area contributed by atoms with Gasteiger partial charge in [-0.3, -0.25) is 9.59 Å². The summed E-state index contributed by atoms with van der Waals surface area (Å²) in [6.45, 7) is 5.51. The van der Waals surface area contributed by atoms with Gasteiger partial charge in [-0.25, -0.2) is 0 Å². The number of amides is 2. The Morgan fingerprint density at radius 3 is 2.50 bits per heavy atom. The summed E-state index contributed by atoms with van der Waals surface area (Å²) in [4.78, 5) is 23.1. The van der Waals surface area contributed by atoms with Gasteiger partial charge in [0.2, 0.25) is 5.91 Å². The van der Waals surface area contributed by atoms with Gasteiger partial charge in [0, 0.05) is 5.54 Å². The fourth-order valence-corrected chi connectivity index (χ4v) is 1.43. The van der Waals surface area contributed by atoms with E-state index in [1.807, 2.05) is 20.8 Å². The van der Waals surface area contributed by atoms with E-state index in [0.717, 1.165) is 0 Å². The number of nitrogens with one attached hydrogen (secondary N) is 2. The van der Waals surface area contributed by atoms with E-state index in [4.69, 9.17) is 16.0 Å². The van der Waals surface area contributed by atoms with Crippen molar-refractivity contribution in [1.82, 2.24) is 10.6 Å². The number of carbonyl (C=O) groups excluding carboxylic acids is 2. The topological polar surface area (TPSA) is 71.3 Å². The van der Waals surface area contributed by atoms with Crippen LogP contribution in [0, 0.1) is 0 Å². The largest absolute Gasteiger partial charge is 0.455 e. The molecular formula is C12H17ClN2O3. The van der Waals surface area contributed by atoms with Gasteiger partial charge in [-0.15, -0.1) is 11.6 Å². The molecule has 0 aliphatic carbocycles. The van der Waals surface area contributed by atoms with Gasteiger partial charge in [0.1, 0.15) is 5.76 Å². The first kappa shape index (κ1) is 14.6. The Bertz CT molecular complexity index is 435. The molecule has 2 amide bonds. The minimum atomic E-state index is -0.435. The van der Waals surface area contributed by atoms with Crippen molar-refractivity contribution in [3.05, 3.63) is 23.7 Å². The Morgan fingerprint density at radius 1 is 1.33 bits per heavy atom. The lowest BCUT2D eigenvalue weighted by atomic mass is 10.1. The van der Waals surface area contributed by atoms with Crippen LogP contribution in [-0.2, 0) is 10.7 Å².